The van der Waals surface area contributed by atoms with Gasteiger partial charge in [0.2, 0.25) is 11.8 Å². The number of ether oxygens (including phenoxy) is 1. The predicted octanol–water partition coefficient (Wildman–Crippen LogP) is 6.76. The third-order valence-corrected chi connectivity index (χ3v) is 10.5. The molecule has 0 heterocycles. The van der Waals surface area contributed by atoms with Gasteiger partial charge < -0.3 is 15.0 Å². The van der Waals surface area contributed by atoms with E-state index < -0.39 is 28.5 Å². The highest BCUT2D eigenvalue weighted by Crippen LogP contribution is 2.29. The summed E-state index contributed by atoms with van der Waals surface area (Å²) in [6, 6.07) is 17.1. The van der Waals surface area contributed by atoms with Gasteiger partial charge >= 0.3 is 0 Å². The highest BCUT2D eigenvalue weighted by molar-refractivity contribution is 7.92. The van der Waals surface area contributed by atoms with Crippen LogP contribution in [0.4, 0.5) is 5.69 Å². The highest BCUT2D eigenvalue weighted by atomic mass is 35.5. The number of aryl methyl sites for hydroxylation is 1. The van der Waals surface area contributed by atoms with Crippen molar-refractivity contribution in [3.05, 3.63) is 87.9 Å². The number of halogens is 2. The van der Waals surface area contributed by atoms with E-state index in [0.29, 0.717) is 33.5 Å². The molecule has 1 aliphatic carbocycles. The van der Waals surface area contributed by atoms with E-state index in [-0.39, 0.29) is 23.4 Å². The van der Waals surface area contributed by atoms with Gasteiger partial charge in [-0.25, -0.2) is 8.42 Å². The zero-order chi connectivity index (χ0) is 31.9. The average Bonchev–Trinajstić information content (AvgIpc) is 3.02. The van der Waals surface area contributed by atoms with Crippen molar-refractivity contribution in [3.63, 3.8) is 0 Å². The quantitative estimate of drug-likeness (QED) is 0.232. The highest BCUT2D eigenvalue weighted by Gasteiger charge is 2.35. The molecule has 236 valence electrons. The first-order chi connectivity index (χ1) is 21.0. The number of benzene rings is 3. The number of hydrogen-bond acceptors (Lipinski definition) is 5. The van der Waals surface area contributed by atoms with Gasteiger partial charge in [0.05, 0.1) is 17.7 Å². The Balaban J connectivity index is 1.73. The SMILES string of the molecule is CC[C@H](C(=O)NC1CCCCC1)N(Cc1c(Cl)cccc1Cl)C(=O)CN(c1ccc(C)cc1)S(=O)(=O)c1ccc(OC)cc1. The second-order valence-corrected chi connectivity index (χ2v) is 13.7. The number of sulfonamides is 1. The molecule has 1 fully saturated rings. The van der Waals surface area contributed by atoms with Crippen molar-refractivity contribution in [3.8, 4) is 5.75 Å². The summed E-state index contributed by atoms with van der Waals surface area (Å²) in [5, 5.41) is 3.83. The van der Waals surface area contributed by atoms with Crippen LogP contribution in [-0.2, 0) is 26.2 Å². The molecule has 0 aliphatic heterocycles. The van der Waals surface area contributed by atoms with Gasteiger partial charge in [0.25, 0.3) is 10.0 Å². The molecule has 44 heavy (non-hydrogen) atoms. The Hall–Kier alpha value is -3.27. The van der Waals surface area contributed by atoms with Crippen molar-refractivity contribution in [2.45, 2.75) is 75.9 Å². The lowest BCUT2D eigenvalue weighted by Crippen LogP contribution is -2.54. The van der Waals surface area contributed by atoms with E-state index in [1.54, 1.807) is 54.6 Å². The number of nitrogens with one attached hydrogen (secondary N) is 1. The molecular weight excluding hydrogens is 621 g/mol. The molecule has 0 radical (unpaired) electrons. The Bertz CT molecular complexity index is 1520. The minimum atomic E-state index is -4.21. The fourth-order valence-corrected chi connectivity index (χ4v) is 7.36. The maximum atomic E-state index is 14.3. The summed E-state index contributed by atoms with van der Waals surface area (Å²) in [5.41, 5.74) is 1.73. The number of amides is 2. The smallest absolute Gasteiger partial charge is 0.264 e. The molecule has 0 aromatic heterocycles. The molecule has 11 heteroatoms. The number of nitrogens with zero attached hydrogens (tertiary/aromatic N) is 2. The number of carbonyl (C=O) groups excluding carboxylic acids is 2. The summed E-state index contributed by atoms with van der Waals surface area (Å²) in [7, 11) is -2.71. The molecular formula is C33H39Cl2N3O5S. The Labute approximate surface area is 270 Å². The number of anilines is 1. The van der Waals surface area contributed by atoms with Crippen molar-refractivity contribution in [2.75, 3.05) is 18.0 Å². The molecule has 3 aromatic rings. The second-order valence-electron chi connectivity index (χ2n) is 11.0. The van der Waals surface area contributed by atoms with Crippen molar-refractivity contribution in [2.24, 2.45) is 0 Å². The topological polar surface area (TPSA) is 96.0 Å². The molecule has 1 saturated carbocycles. The van der Waals surface area contributed by atoms with Gasteiger partial charge in [-0.1, -0.05) is 73.2 Å². The Kier molecular flexibility index (Phi) is 11.6. The molecule has 8 nitrogen and oxygen atoms in total. The standard InChI is InChI=1S/C33H39Cl2N3O5S/c1-4-31(33(40)36-24-9-6-5-7-10-24)37(21-28-29(34)11-8-12-30(28)35)32(39)22-38(25-15-13-23(2)14-16-25)44(41,42)27-19-17-26(43-3)18-20-27/h8,11-20,24,31H,4-7,9-10,21-22H2,1-3H3,(H,36,40)/t31-/m1/s1. The average molecular weight is 661 g/mol. The third kappa shape index (κ3) is 8.06. The fraction of sp³-hybridized carbons (Fsp3) is 0.394. The number of methoxy groups -OCH3 is 1. The molecule has 0 spiro atoms. The van der Waals surface area contributed by atoms with Gasteiger partial charge in [0.1, 0.15) is 18.3 Å². The van der Waals surface area contributed by atoms with Crippen molar-refractivity contribution < 1.29 is 22.7 Å². The fourth-order valence-electron chi connectivity index (χ4n) is 5.43. The summed E-state index contributed by atoms with van der Waals surface area (Å²) >= 11 is 13.0. The summed E-state index contributed by atoms with van der Waals surface area (Å²) in [6.45, 7) is 3.10. The number of carbonyl (C=O) groups is 2. The van der Waals surface area contributed by atoms with Crippen LogP contribution in [0, 0.1) is 6.92 Å². The molecule has 1 atom stereocenters. The predicted molar refractivity (Wildman–Crippen MR) is 175 cm³/mol. The first-order valence-corrected chi connectivity index (χ1v) is 17.0. The monoisotopic (exact) mass is 659 g/mol. The molecule has 3 aromatic carbocycles. The van der Waals surface area contributed by atoms with Crippen LogP contribution in [0.2, 0.25) is 10.0 Å². The van der Waals surface area contributed by atoms with Gasteiger partial charge in [-0.3, -0.25) is 13.9 Å². The van der Waals surface area contributed by atoms with Crippen LogP contribution in [0.25, 0.3) is 0 Å². The van der Waals surface area contributed by atoms with E-state index in [2.05, 4.69) is 5.32 Å². The van der Waals surface area contributed by atoms with Crippen molar-refractivity contribution in [1.82, 2.24) is 10.2 Å². The van der Waals surface area contributed by atoms with E-state index in [1.165, 1.54) is 24.1 Å². The van der Waals surface area contributed by atoms with E-state index in [9.17, 15) is 18.0 Å². The zero-order valence-electron chi connectivity index (χ0n) is 25.3. The molecule has 1 N–H and O–H groups in total. The van der Waals surface area contributed by atoms with Gasteiger partial charge in [-0.05, 0) is 74.7 Å². The van der Waals surface area contributed by atoms with E-state index >= 15 is 0 Å². The van der Waals surface area contributed by atoms with Gasteiger partial charge in [-0.15, -0.1) is 0 Å². The summed E-state index contributed by atoms with van der Waals surface area (Å²) in [4.78, 5) is 29.4. The lowest BCUT2D eigenvalue weighted by atomic mass is 9.95. The molecule has 1 aliphatic rings. The minimum absolute atomic E-state index is 0.00513. The summed E-state index contributed by atoms with van der Waals surface area (Å²) < 4.78 is 34.4. The summed E-state index contributed by atoms with van der Waals surface area (Å²) in [6.07, 6.45) is 5.28. The maximum Gasteiger partial charge on any atom is 0.264 e. The van der Waals surface area contributed by atoms with Gasteiger partial charge in [0.15, 0.2) is 0 Å². The Morgan fingerprint density at radius 2 is 1.57 bits per heavy atom. The molecule has 2 amide bonds. The lowest BCUT2D eigenvalue weighted by Gasteiger charge is -2.34. The molecule has 4 rings (SSSR count). The Morgan fingerprint density at radius 1 is 0.955 bits per heavy atom. The van der Waals surface area contributed by atoms with Crippen LogP contribution < -0.4 is 14.4 Å². The maximum absolute atomic E-state index is 14.3. The van der Waals surface area contributed by atoms with Crippen LogP contribution in [0.5, 0.6) is 5.75 Å². The second kappa shape index (κ2) is 15.1. The number of hydrogen-bond donors (Lipinski definition) is 1. The van der Waals surface area contributed by atoms with E-state index in [1.807, 2.05) is 13.8 Å². The van der Waals surface area contributed by atoms with Gasteiger partial charge in [0, 0.05) is 28.2 Å². The van der Waals surface area contributed by atoms with Crippen molar-refractivity contribution >= 4 is 50.7 Å². The summed E-state index contributed by atoms with van der Waals surface area (Å²) in [5.74, 6) is -0.348. The first-order valence-electron chi connectivity index (χ1n) is 14.8. The van der Waals surface area contributed by atoms with Crippen molar-refractivity contribution in [1.29, 1.82) is 0 Å². The lowest BCUT2D eigenvalue weighted by molar-refractivity contribution is -0.140. The van der Waals surface area contributed by atoms with Crippen LogP contribution in [0.1, 0.15) is 56.6 Å². The van der Waals surface area contributed by atoms with Crippen LogP contribution >= 0.6 is 23.2 Å². The van der Waals surface area contributed by atoms with E-state index in [4.69, 9.17) is 27.9 Å². The van der Waals surface area contributed by atoms with Gasteiger partial charge in [-0.2, -0.15) is 0 Å². The first kappa shape index (κ1) is 33.6. The normalized spacial score (nSPS) is 14.5. The molecule has 0 unspecified atom stereocenters. The molecule has 0 saturated heterocycles. The Morgan fingerprint density at radius 3 is 2.14 bits per heavy atom. The largest absolute Gasteiger partial charge is 0.497 e. The number of rotatable bonds is 12. The van der Waals surface area contributed by atoms with Crippen LogP contribution in [-0.4, -0.2) is 50.9 Å². The zero-order valence-corrected chi connectivity index (χ0v) is 27.6. The molecule has 0 bridgehead atoms. The van der Waals surface area contributed by atoms with Crippen LogP contribution in [0.15, 0.2) is 71.6 Å². The minimum Gasteiger partial charge on any atom is -0.497 e. The van der Waals surface area contributed by atoms with Crippen LogP contribution in [0.3, 0.4) is 0 Å². The third-order valence-electron chi connectivity index (χ3n) is 7.98. The van der Waals surface area contributed by atoms with E-state index in [0.717, 1.165) is 42.0 Å².